The Morgan fingerprint density at radius 2 is 2.44 bits per heavy atom. The van der Waals surface area contributed by atoms with E-state index in [-0.39, 0.29) is 5.97 Å². The summed E-state index contributed by atoms with van der Waals surface area (Å²) in [5, 5.41) is 0. The molecular formula is C6H7NO2. The van der Waals surface area contributed by atoms with Gasteiger partial charge in [-0.25, -0.2) is 4.79 Å². The van der Waals surface area contributed by atoms with Crippen LogP contribution in [0.3, 0.4) is 0 Å². The molecule has 0 radical (unpaired) electrons. The lowest BCUT2D eigenvalue weighted by Gasteiger charge is -1.90. The predicted octanol–water partition coefficient (Wildman–Crippen LogP) is 0.518. The molecule has 0 aliphatic carbocycles. The van der Waals surface area contributed by atoms with Gasteiger partial charge < -0.3 is 4.74 Å². The number of carbonyl (C=O) groups is 1. The Balaban J connectivity index is 2.60. The second-order valence-corrected chi connectivity index (χ2v) is 1.57. The summed E-state index contributed by atoms with van der Waals surface area (Å²) in [7, 11) is 0. The number of rotatable bonds is 1. The molecule has 1 aliphatic heterocycles. The highest BCUT2D eigenvalue weighted by Crippen LogP contribution is 1.96. The number of ether oxygens (including phenoxy) is 1. The van der Waals surface area contributed by atoms with Gasteiger partial charge in [-0.3, -0.25) is 4.99 Å². The van der Waals surface area contributed by atoms with E-state index in [1.165, 1.54) is 6.08 Å². The van der Waals surface area contributed by atoms with Crippen LogP contribution in [0.2, 0.25) is 0 Å². The Labute approximate surface area is 53.0 Å². The van der Waals surface area contributed by atoms with Crippen molar-refractivity contribution >= 4 is 11.9 Å². The van der Waals surface area contributed by atoms with Crippen LogP contribution in [0.25, 0.3) is 0 Å². The van der Waals surface area contributed by atoms with Gasteiger partial charge in [0.15, 0.2) is 0 Å². The van der Waals surface area contributed by atoms with Gasteiger partial charge in [-0.1, -0.05) is 0 Å². The number of nitrogens with zero attached hydrogens (tertiary/aromatic N) is 1. The molecule has 0 saturated heterocycles. The lowest BCUT2D eigenvalue weighted by molar-refractivity contribution is -0.129. The minimum Gasteiger partial charge on any atom is -0.405 e. The van der Waals surface area contributed by atoms with E-state index in [1.54, 1.807) is 6.08 Å². The molecule has 0 bridgehead atoms. The highest BCUT2D eigenvalue weighted by Gasteiger charge is 2.08. The summed E-state index contributed by atoms with van der Waals surface area (Å²) in [4.78, 5) is 14.2. The highest BCUT2D eigenvalue weighted by atomic mass is 16.5. The van der Waals surface area contributed by atoms with E-state index in [2.05, 4.69) is 9.73 Å². The molecule has 0 N–H and O–H groups in total. The maximum absolute atomic E-state index is 10.3. The summed E-state index contributed by atoms with van der Waals surface area (Å²) >= 11 is 0. The van der Waals surface area contributed by atoms with Crippen molar-refractivity contribution in [2.24, 2.45) is 4.99 Å². The minimum atomic E-state index is -0.331. The molecule has 0 aromatic heterocycles. The molecule has 1 aliphatic rings. The summed E-state index contributed by atoms with van der Waals surface area (Å²) in [6.45, 7) is 2.53. The fraction of sp³-hybridized carbons (Fsp3) is 0.333. The molecule has 3 nitrogen and oxygen atoms in total. The van der Waals surface area contributed by atoms with E-state index in [4.69, 9.17) is 0 Å². The second kappa shape index (κ2) is 2.44. The van der Waals surface area contributed by atoms with E-state index in [1.807, 2.05) is 6.92 Å². The molecule has 1 heterocycles. The average molecular weight is 125 g/mol. The molecule has 0 saturated carbocycles. The van der Waals surface area contributed by atoms with Gasteiger partial charge in [0.05, 0.1) is 0 Å². The van der Waals surface area contributed by atoms with Crippen LogP contribution in [0.15, 0.2) is 17.1 Å². The average Bonchev–Trinajstić information content (AvgIpc) is 2.17. The third-order valence-corrected chi connectivity index (χ3v) is 0.881. The molecule has 0 unspecified atom stereocenters. The Bertz CT molecular complexity index is 181. The van der Waals surface area contributed by atoms with Crippen molar-refractivity contribution in [1.82, 2.24) is 0 Å². The maximum Gasteiger partial charge on any atom is 0.337 e. The first-order chi connectivity index (χ1) is 4.33. The summed E-state index contributed by atoms with van der Waals surface area (Å²) in [6, 6.07) is 0. The van der Waals surface area contributed by atoms with Crippen molar-refractivity contribution in [3.8, 4) is 0 Å². The monoisotopic (exact) mass is 125 g/mol. The molecule has 3 heteroatoms. The van der Waals surface area contributed by atoms with E-state index < -0.39 is 0 Å². The predicted molar refractivity (Wildman–Crippen MR) is 33.2 cm³/mol. The van der Waals surface area contributed by atoms with Crippen molar-refractivity contribution in [3.63, 3.8) is 0 Å². The maximum atomic E-state index is 10.3. The zero-order valence-corrected chi connectivity index (χ0v) is 5.13. The lowest BCUT2D eigenvalue weighted by atomic mass is 10.5. The Morgan fingerprint density at radius 1 is 1.67 bits per heavy atom. The molecular weight excluding hydrogens is 118 g/mol. The molecule has 0 aromatic rings. The van der Waals surface area contributed by atoms with Crippen LogP contribution in [0.1, 0.15) is 6.92 Å². The zero-order valence-electron chi connectivity index (χ0n) is 5.13. The zero-order chi connectivity index (χ0) is 6.69. The fourth-order valence-corrected chi connectivity index (χ4v) is 0.551. The Kier molecular flexibility index (Phi) is 1.63. The molecule has 48 valence electrons. The van der Waals surface area contributed by atoms with Crippen LogP contribution in [-0.4, -0.2) is 18.4 Å². The minimum absolute atomic E-state index is 0.331. The molecule has 0 spiro atoms. The van der Waals surface area contributed by atoms with Gasteiger partial charge in [-0.2, -0.15) is 0 Å². The third kappa shape index (κ3) is 1.38. The van der Waals surface area contributed by atoms with Crippen LogP contribution >= 0.6 is 0 Å². The number of hydrogen-bond acceptors (Lipinski definition) is 3. The number of hydrogen-bond donors (Lipinski definition) is 0. The third-order valence-electron chi connectivity index (χ3n) is 0.881. The standard InChI is InChI=1S/C6H7NO2/c1-2-7-5-3-4-6(8)9-5/h3-4H,2H2,1H3. The normalized spacial score (nSPS) is 21.0. The number of cyclic esters (lactones) is 1. The van der Waals surface area contributed by atoms with Crippen molar-refractivity contribution in [1.29, 1.82) is 0 Å². The topological polar surface area (TPSA) is 38.7 Å². The molecule has 0 atom stereocenters. The van der Waals surface area contributed by atoms with Gasteiger partial charge in [0.2, 0.25) is 5.90 Å². The first kappa shape index (κ1) is 6.01. The van der Waals surface area contributed by atoms with E-state index >= 15 is 0 Å². The van der Waals surface area contributed by atoms with E-state index in [0.29, 0.717) is 12.4 Å². The highest BCUT2D eigenvalue weighted by molar-refractivity contribution is 6.07. The van der Waals surface area contributed by atoms with Gasteiger partial charge in [0, 0.05) is 18.7 Å². The van der Waals surface area contributed by atoms with Crippen molar-refractivity contribution < 1.29 is 9.53 Å². The van der Waals surface area contributed by atoms with Gasteiger partial charge in [-0.15, -0.1) is 0 Å². The van der Waals surface area contributed by atoms with Crippen molar-refractivity contribution in [2.75, 3.05) is 6.54 Å². The Morgan fingerprint density at radius 3 is 2.89 bits per heavy atom. The first-order valence-corrected chi connectivity index (χ1v) is 2.77. The second-order valence-electron chi connectivity index (χ2n) is 1.57. The number of aliphatic imine (C=N–C) groups is 1. The molecule has 9 heavy (non-hydrogen) atoms. The Hall–Kier alpha value is -1.12. The summed E-state index contributed by atoms with van der Waals surface area (Å²) in [5.74, 6) is 0.0877. The summed E-state index contributed by atoms with van der Waals surface area (Å²) in [5.41, 5.74) is 0. The van der Waals surface area contributed by atoms with Crippen LogP contribution in [0.5, 0.6) is 0 Å². The van der Waals surface area contributed by atoms with Crippen LogP contribution in [-0.2, 0) is 9.53 Å². The van der Waals surface area contributed by atoms with Gasteiger partial charge in [0.1, 0.15) is 0 Å². The molecule has 0 fully saturated rings. The quantitative estimate of drug-likeness (QED) is 0.479. The van der Waals surface area contributed by atoms with Crippen LogP contribution in [0, 0.1) is 0 Å². The molecule has 1 rings (SSSR count). The van der Waals surface area contributed by atoms with Gasteiger partial charge in [-0.05, 0) is 6.92 Å². The van der Waals surface area contributed by atoms with Crippen molar-refractivity contribution in [2.45, 2.75) is 6.92 Å². The van der Waals surface area contributed by atoms with Crippen LogP contribution < -0.4 is 0 Å². The SMILES string of the molecule is CCN=C1C=CC(=O)O1. The van der Waals surface area contributed by atoms with Gasteiger partial charge >= 0.3 is 5.97 Å². The smallest absolute Gasteiger partial charge is 0.337 e. The number of esters is 1. The van der Waals surface area contributed by atoms with E-state index in [9.17, 15) is 4.79 Å². The fourth-order valence-electron chi connectivity index (χ4n) is 0.551. The summed E-state index contributed by atoms with van der Waals surface area (Å²) < 4.78 is 4.60. The van der Waals surface area contributed by atoms with Gasteiger partial charge in [0.25, 0.3) is 0 Å². The largest absolute Gasteiger partial charge is 0.405 e. The first-order valence-electron chi connectivity index (χ1n) is 2.77. The van der Waals surface area contributed by atoms with Crippen LogP contribution in [0.4, 0.5) is 0 Å². The molecule has 0 aromatic carbocycles. The lowest BCUT2D eigenvalue weighted by Crippen LogP contribution is -1.99. The molecule has 0 amide bonds. The van der Waals surface area contributed by atoms with Crippen molar-refractivity contribution in [3.05, 3.63) is 12.2 Å². The van der Waals surface area contributed by atoms with E-state index in [0.717, 1.165) is 0 Å². The number of carbonyl (C=O) groups excluding carboxylic acids is 1. The summed E-state index contributed by atoms with van der Waals surface area (Å²) in [6.07, 6.45) is 2.92.